The van der Waals surface area contributed by atoms with E-state index in [1.165, 1.54) is 0 Å². The molecule has 0 aliphatic carbocycles. The van der Waals surface area contributed by atoms with Crippen LogP contribution in [0.3, 0.4) is 0 Å². The number of rotatable bonds is 4. The summed E-state index contributed by atoms with van der Waals surface area (Å²) in [4.78, 5) is 8.34. The molecule has 0 saturated heterocycles. The largest absolute Gasteiger partial charge is 0.337 e. The summed E-state index contributed by atoms with van der Waals surface area (Å²) in [6.45, 7) is 3.97. The van der Waals surface area contributed by atoms with E-state index in [0.29, 0.717) is 11.7 Å². The standard InChI is InChI=1S/C12H16N4O/c1-3-6-12(2,13)11-15-10(16-17-11)9-5-4-7-14-8-9/h4-5,7-8H,3,6,13H2,1-2H3. The van der Waals surface area contributed by atoms with Crippen LogP contribution in [-0.2, 0) is 5.54 Å². The van der Waals surface area contributed by atoms with E-state index in [1.54, 1.807) is 12.4 Å². The molecule has 0 aliphatic rings. The first-order valence-electron chi connectivity index (χ1n) is 5.67. The summed E-state index contributed by atoms with van der Waals surface area (Å²) < 4.78 is 5.22. The fourth-order valence-corrected chi connectivity index (χ4v) is 1.69. The minimum absolute atomic E-state index is 0.471. The van der Waals surface area contributed by atoms with Gasteiger partial charge in [-0.3, -0.25) is 4.98 Å². The molecule has 5 heteroatoms. The average Bonchev–Trinajstić information content (AvgIpc) is 2.80. The summed E-state index contributed by atoms with van der Waals surface area (Å²) in [5.74, 6) is 0.999. The van der Waals surface area contributed by atoms with E-state index in [9.17, 15) is 0 Å². The molecule has 0 saturated carbocycles. The van der Waals surface area contributed by atoms with E-state index < -0.39 is 5.54 Å². The average molecular weight is 232 g/mol. The SMILES string of the molecule is CCCC(C)(N)c1nc(-c2cccnc2)no1. The molecular weight excluding hydrogens is 216 g/mol. The van der Waals surface area contributed by atoms with E-state index in [2.05, 4.69) is 22.0 Å². The van der Waals surface area contributed by atoms with Gasteiger partial charge in [-0.05, 0) is 25.5 Å². The quantitative estimate of drug-likeness (QED) is 0.873. The maximum atomic E-state index is 6.13. The Balaban J connectivity index is 2.28. The molecule has 2 rings (SSSR count). The van der Waals surface area contributed by atoms with Crippen molar-refractivity contribution >= 4 is 0 Å². The van der Waals surface area contributed by atoms with Crippen LogP contribution in [0.2, 0.25) is 0 Å². The topological polar surface area (TPSA) is 77.8 Å². The summed E-state index contributed by atoms with van der Waals surface area (Å²) in [5.41, 5.74) is 6.39. The molecule has 90 valence electrons. The predicted molar refractivity (Wildman–Crippen MR) is 64.0 cm³/mol. The van der Waals surface area contributed by atoms with Crippen LogP contribution < -0.4 is 5.73 Å². The zero-order valence-electron chi connectivity index (χ0n) is 10.1. The first kappa shape index (κ1) is 11.7. The molecule has 0 amide bonds. The highest BCUT2D eigenvalue weighted by Crippen LogP contribution is 2.23. The Morgan fingerprint density at radius 3 is 2.94 bits per heavy atom. The Labute approximate surface area is 100 Å². The Morgan fingerprint density at radius 2 is 2.29 bits per heavy atom. The molecule has 2 aromatic heterocycles. The summed E-state index contributed by atoms with van der Waals surface area (Å²) in [6.07, 6.45) is 5.18. The lowest BCUT2D eigenvalue weighted by Gasteiger charge is -2.18. The van der Waals surface area contributed by atoms with Crippen molar-refractivity contribution in [3.63, 3.8) is 0 Å². The highest BCUT2D eigenvalue weighted by Gasteiger charge is 2.27. The lowest BCUT2D eigenvalue weighted by Crippen LogP contribution is -2.33. The van der Waals surface area contributed by atoms with E-state index in [-0.39, 0.29) is 0 Å². The monoisotopic (exact) mass is 232 g/mol. The number of pyridine rings is 1. The Hall–Kier alpha value is -1.75. The highest BCUT2D eigenvalue weighted by molar-refractivity contribution is 5.51. The van der Waals surface area contributed by atoms with Crippen LogP contribution in [0, 0.1) is 0 Å². The molecule has 2 N–H and O–H groups in total. The van der Waals surface area contributed by atoms with Crippen molar-refractivity contribution in [1.29, 1.82) is 0 Å². The van der Waals surface area contributed by atoms with E-state index in [0.717, 1.165) is 18.4 Å². The third kappa shape index (κ3) is 2.50. The van der Waals surface area contributed by atoms with Crippen LogP contribution in [-0.4, -0.2) is 15.1 Å². The molecule has 5 nitrogen and oxygen atoms in total. The van der Waals surface area contributed by atoms with Crippen LogP contribution in [0.1, 0.15) is 32.6 Å². The first-order chi connectivity index (χ1) is 8.13. The van der Waals surface area contributed by atoms with Crippen molar-refractivity contribution in [1.82, 2.24) is 15.1 Å². The van der Waals surface area contributed by atoms with Crippen molar-refractivity contribution in [3.8, 4) is 11.4 Å². The van der Waals surface area contributed by atoms with Gasteiger partial charge in [0.2, 0.25) is 11.7 Å². The van der Waals surface area contributed by atoms with Gasteiger partial charge in [0, 0.05) is 18.0 Å². The van der Waals surface area contributed by atoms with Crippen LogP contribution in [0.4, 0.5) is 0 Å². The molecule has 0 aliphatic heterocycles. The molecule has 0 fully saturated rings. The normalized spacial score (nSPS) is 14.5. The number of hydrogen-bond donors (Lipinski definition) is 1. The van der Waals surface area contributed by atoms with Crippen molar-refractivity contribution < 1.29 is 4.52 Å². The first-order valence-corrected chi connectivity index (χ1v) is 5.67. The van der Waals surface area contributed by atoms with Crippen LogP contribution in [0.25, 0.3) is 11.4 Å². The zero-order chi connectivity index (χ0) is 12.3. The van der Waals surface area contributed by atoms with E-state index in [4.69, 9.17) is 10.3 Å². The Kier molecular flexibility index (Phi) is 3.19. The maximum Gasteiger partial charge on any atom is 0.246 e. The van der Waals surface area contributed by atoms with Crippen molar-refractivity contribution in [2.24, 2.45) is 5.73 Å². The van der Waals surface area contributed by atoms with E-state index in [1.807, 2.05) is 19.1 Å². The van der Waals surface area contributed by atoms with E-state index >= 15 is 0 Å². The fraction of sp³-hybridized carbons (Fsp3) is 0.417. The molecule has 0 spiro atoms. The number of hydrogen-bond acceptors (Lipinski definition) is 5. The molecule has 1 atom stereocenters. The molecule has 0 bridgehead atoms. The van der Waals surface area contributed by atoms with Crippen molar-refractivity contribution in [3.05, 3.63) is 30.4 Å². The van der Waals surface area contributed by atoms with Gasteiger partial charge in [0.05, 0.1) is 5.54 Å². The summed E-state index contributed by atoms with van der Waals surface area (Å²) in [5, 5.41) is 3.93. The van der Waals surface area contributed by atoms with Gasteiger partial charge in [0.1, 0.15) is 0 Å². The van der Waals surface area contributed by atoms with Gasteiger partial charge in [0.15, 0.2) is 0 Å². The van der Waals surface area contributed by atoms with Crippen molar-refractivity contribution in [2.45, 2.75) is 32.2 Å². The van der Waals surface area contributed by atoms with Crippen LogP contribution in [0.5, 0.6) is 0 Å². The third-order valence-corrected chi connectivity index (χ3v) is 2.60. The Morgan fingerprint density at radius 1 is 1.47 bits per heavy atom. The lowest BCUT2D eigenvalue weighted by molar-refractivity contribution is 0.284. The maximum absolute atomic E-state index is 6.13. The van der Waals surface area contributed by atoms with Gasteiger partial charge in [-0.15, -0.1) is 0 Å². The summed E-state index contributed by atoms with van der Waals surface area (Å²) in [6, 6.07) is 3.72. The molecule has 0 radical (unpaired) electrons. The molecule has 1 unspecified atom stereocenters. The predicted octanol–water partition coefficient (Wildman–Crippen LogP) is 2.11. The molecule has 17 heavy (non-hydrogen) atoms. The van der Waals surface area contributed by atoms with Gasteiger partial charge < -0.3 is 10.3 Å². The van der Waals surface area contributed by atoms with Gasteiger partial charge in [-0.1, -0.05) is 18.5 Å². The Bertz CT molecular complexity index is 478. The fourth-order valence-electron chi connectivity index (χ4n) is 1.69. The highest BCUT2D eigenvalue weighted by atomic mass is 16.5. The smallest absolute Gasteiger partial charge is 0.246 e. The number of nitrogens with two attached hydrogens (primary N) is 1. The number of nitrogens with zero attached hydrogens (tertiary/aromatic N) is 3. The molecule has 2 heterocycles. The van der Waals surface area contributed by atoms with Crippen LogP contribution >= 0.6 is 0 Å². The molecule has 0 aromatic carbocycles. The second-order valence-corrected chi connectivity index (χ2v) is 4.33. The molecule has 2 aromatic rings. The minimum Gasteiger partial charge on any atom is -0.337 e. The van der Waals surface area contributed by atoms with Gasteiger partial charge in [-0.2, -0.15) is 4.98 Å². The zero-order valence-corrected chi connectivity index (χ0v) is 10.1. The second kappa shape index (κ2) is 4.63. The summed E-state index contributed by atoms with van der Waals surface area (Å²) in [7, 11) is 0. The minimum atomic E-state index is -0.567. The number of aromatic nitrogens is 3. The second-order valence-electron chi connectivity index (χ2n) is 4.33. The summed E-state index contributed by atoms with van der Waals surface area (Å²) >= 11 is 0. The molecular formula is C12H16N4O. The lowest BCUT2D eigenvalue weighted by atomic mass is 9.98. The van der Waals surface area contributed by atoms with Crippen molar-refractivity contribution in [2.75, 3.05) is 0 Å². The third-order valence-electron chi connectivity index (χ3n) is 2.60. The van der Waals surface area contributed by atoms with Gasteiger partial charge in [-0.25, -0.2) is 0 Å². The van der Waals surface area contributed by atoms with Gasteiger partial charge in [0.25, 0.3) is 0 Å². The van der Waals surface area contributed by atoms with Crippen LogP contribution in [0.15, 0.2) is 29.0 Å². The van der Waals surface area contributed by atoms with Gasteiger partial charge >= 0.3 is 0 Å².